The molecular formula is C14H17BF2O2. The molecule has 102 valence electrons. The van der Waals surface area contributed by atoms with Crippen LogP contribution in [0.15, 0.2) is 24.2 Å². The van der Waals surface area contributed by atoms with Crippen LogP contribution in [0.1, 0.15) is 33.3 Å². The van der Waals surface area contributed by atoms with Crippen molar-refractivity contribution < 1.29 is 18.1 Å². The summed E-state index contributed by atoms with van der Waals surface area (Å²) in [7, 11) is -0.607. The number of hydrogen-bond acceptors (Lipinski definition) is 2. The van der Waals surface area contributed by atoms with Crippen LogP contribution in [-0.2, 0) is 9.31 Å². The van der Waals surface area contributed by atoms with Crippen LogP contribution in [0.3, 0.4) is 0 Å². The van der Waals surface area contributed by atoms with Gasteiger partial charge in [-0.05, 0) is 39.8 Å². The molecule has 0 amide bonds. The topological polar surface area (TPSA) is 18.5 Å². The summed E-state index contributed by atoms with van der Waals surface area (Å²) < 4.78 is 38.3. The van der Waals surface area contributed by atoms with Crippen LogP contribution >= 0.6 is 0 Å². The van der Waals surface area contributed by atoms with Gasteiger partial charge in [-0.1, -0.05) is 18.1 Å². The van der Waals surface area contributed by atoms with Gasteiger partial charge in [0.15, 0.2) is 0 Å². The van der Waals surface area contributed by atoms with E-state index in [1.54, 1.807) is 0 Å². The van der Waals surface area contributed by atoms with Crippen molar-refractivity contribution in [2.75, 3.05) is 0 Å². The summed E-state index contributed by atoms with van der Waals surface area (Å²) in [6.45, 7) is 7.68. The molecular weight excluding hydrogens is 249 g/mol. The third-order valence-electron chi connectivity index (χ3n) is 3.69. The van der Waals surface area contributed by atoms with Crippen LogP contribution in [0.5, 0.6) is 0 Å². The average Bonchev–Trinajstić information content (AvgIpc) is 2.46. The van der Waals surface area contributed by atoms with Gasteiger partial charge in [0.2, 0.25) is 0 Å². The predicted molar refractivity (Wildman–Crippen MR) is 71.5 cm³/mol. The molecule has 0 atom stereocenters. The molecule has 19 heavy (non-hydrogen) atoms. The summed E-state index contributed by atoms with van der Waals surface area (Å²) in [5.41, 5.74) is -1.01. The number of rotatable bonds is 2. The molecule has 0 saturated carbocycles. The van der Waals surface area contributed by atoms with Crippen molar-refractivity contribution >= 4 is 13.2 Å². The lowest BCUT2D eigenvalue weighted by atomic mass is 9.89. The minimum Gasteiger partial charge on any atom is -0.400 e. The third kappa shape index (κ3) is 2.72. The number of hydrogen-bond donors (Lipinski definition) is 0. The molecule has 0 N–H and O–H groups in total. The Morgan fingerprint density at radius 1 is 1.00 bits per heavy atom. The lowest BCUT2D eigenvalue weighted by Gasteiger charge is -2.32. The van der Waals surface area contributed by atoms with E-state index < -0.39 is 30.0 Å². The van der Waals surface area contributed by atoms with E-state index in [1.807, 2.05) is 27.7 Å². The van der Waals surface area contributed by atoms with Crippen molar-refractivity contribution in [2.45, 2.75) is 38.9 Å². The summed E-state index contributed by atoms with van der Waals surface area (Å²) in [5, 5.41) is 0. The SMILES string of the molecule is CC1(C)OB(C=Cc2c(F)cccc2F)OC1(C)C. The highest BCUT2D eigenvalue weighted by atomic mass is 19.1. The molecule has 2 rings (SSSR count). The largest absolute Gasteiger partial charge is 0.487 e. The zero-order chi connectivity index (χ0) is 14.3. The Morgan fingerprint density at radius 3 is 1.95 bits per heavy atom. The molecule has 0 bridgehead atoms. The molecule has 0 radical (unpaired) electrons. The van der Waals surface area contributed by atoms with Crippen molar-refractivity contribution in [3.63, 3.8) is 0 Å². The van der Waals surface area contributed by atoms with Crippen LogP contribution in [-0.4, -0.2) is 18.3 Å². The quantitative estimate of drug-likeness (QED) is 0.761. The Hall–Kier alpha value is -1.20. The van der Waals surface area contributed by atoms with Crippen molar-refractivity contribution in [3.05, 3.63) is 41.4 Å². The van der Waals surface area contributed by atoms with Crippen LogP contribution in [0.2, 0.25) is 0 Å². The maximum atomic E-state index is 13.5. The van der Waals surface area contributed by atoms with Crippen LogP contribution in [0.4, 0.5) is 8.78 Å². The van der Waals surface area contributed by atoms with E-state index in [0.717, 1.165) is 0 Å². The third-order valence-corrected chi connectivity index (χ3v) is 3.69. The Labute approximate surface area is 112 Å². The molecule has 2 nitrogen and oxygen atoms in total. The van der Waals surface area contributed by atoms with Crippen molar-refractivity contribution in [1.82, 2.24) is 0 Å². The van der Waals surface area contributed by atoms with Gasteiger partial charge in [-0.2, -0.15) is 0 Å². The smallest absolute Gasteiger partial charge is 0.400 e. The molecule has 1 heterocycles. The molecule has 1 aliphatic heterocycles. The minimum absolute atomic E-state index is 0.0859. The molecule has 1 aromatic carbocycles. The van der Waals surface area contributed by atoms with Crippen molar-refractivity contribution in [2.24, 2.45) is 0 Å². The van der Waals surface area contributed by atoms with E-state index in [4.69, 9.17) is 9.31 Å². The molecule has 0 spiro atoms. The van der Waals surface area contributed by atoms with Gasteiger partial charge >= 0.3 is 7.12 Å². The van der Waals surface area contributed by atoms with Crippen LogP contribution < -0.4 is 0 Å². The maximum absolute atomic E-state index is 13.5. The summed E-state index contributed by atoms with van der Waals surface area (Å²) in [4.78, 5) is 0. The average molecular weight is 266 g/mol. The fraction of sp³-hybridized carbons (Fsp3) is 0.429. The van der Waals surface area contributed by atoms with Gasteiger partial charge in [0.05, 0.1) is 11.2 Å². The van der Waals surface area contributed by atoms with E-state index in [0.29, 0.717) is 0 Å². The van der Waals surface area contributed by atoms with E-state index in [1.165, 1.54) is 30.3 Å². The van der Waals surface area contributed by atoms with Gasteiger partial charge in [0.1, 0.15) is 11.6 Å². The second kappa shape index (κ2) is 4.73. The molecule has 0 aliphatic carbocycles. The molecule has 1 aromatic rings. The number of halogens is 2. The highest BCUT2D eigenvalue weighted by Crippen LogP contribution is 2.37. The summed E-state index contributed by atoms with van der Waals surface area (Å²) in [5.74, 6) is 0.318. The van der Waals surface area contributed by atoms with Gasteiger partial charge in [-0.3, -0.25) is 0 Å². The fourth-order valence-corrected chi connectivity index (χ4v) is 1.81. The summed E-state index contributed by atoms with van der Waals surface area (Å²) >= 11 is 0. The predicted octanol–water partition coefficient (Wildman–Crippen LogP) is 3.61. The zero-order valence-electron chi connectivity index (χ0n) is 11.5. The lowest BCUT2D eigenvalue weighted by Crippen LogP contribution is -2.41. The molecule has 1 fully saturated rings. The Bertz CT molecular complexity index is 476. The zero-order valence-corrected chi connectivity index (χ0v) is 11.5. The van der Waals surface area contributed by atoms with Gasteiger partial charge in [-0.25, -0.2) is 8.78 Å². The monoisotopic (exact) mass is 266 g/mol. The Kier molecular flexibility index (Phi) is 3.54. The van der Waals surface area contributed by atoms with Crippen molar-refractivity contribution in [3.8, 4) is 0 Å². The van der Waals surface area contributed by atoms with E-state index >= 15 is 0 Å². The normalized spacial score (nSPS) is 21.3. The summed E-state index contributed by atoms with van der Waals surface area (Å²) in [6, 6.07) is 3.76. The van der Waals surface area contributed by atoms with Gasteiger partial charge in [0.25, 0.3) is 0 Å². The van der Waals surface area contributed by atoms with E-state index in [2.05, 4.69) is 0 Å². The fourth-order valence-electron chi connectivity index (χ4n) is 1.81. The van der Waals surface area contributed by atoms with Crippen LogP contribution in [0.25, 0.3) is 6.08 Å². The Balaban J connectivity index is 2.18. The second-order valence-corrected chi connectivity index (χ2v) is 5.62. The standard InChI is InChI=1S/C14H17BF2O2/c1-13(2)14(3,4)19-15(18-13)9-8-10-11(16)6-5-7-12(10)17/h5-9H,1-4H3. The molecule has 5 heteroatoms. The molecule has 0 unspecified atom stereocenters. The maximum Gasteiger partial charge on any atom is 0.487 e. The highest BCUT2D eigenvalue weighted by molar-refractivity contribution is 6.52. The van der Waals surface area contributed by atoms with Gasteiger partial charge in [0, 0.05) is 5.56 Å². The van der Waals surface area contributed by atoms with E-state index in [9.17, 15) is 8.78 Å². The van der Waals surface area contributed by atoms with Crippen LogP contribution in [0, 0.1) is 11.6 Å². The molecule has 1 saturated heterocycles. The number of benzene rings is 1. The van der Waals surface area contributed by atoms with Crippen molar-refractivity contribution in [1.29, 1.82) is 0 Å². The first kappa shape index (κ1) is 14.2. The lowest BCUT2D eigenvalue weighted by molar-refractivity contribution is 0.00578. The van der Waals surface area contributed by atoms with Gasteiger partial charge in [-0.15, -0.1) is 0 Å². The second-order valence-electron chi connectivity index (χ2n) is 5.62. The summed E-state index contributed by atoms with van der Waals surface area (Å²) in [6.07, 6.45) is 1.35. The van der Waals surface area contributed by atoms with E-state index in [-0.39, 0.29) is 5.56 Å². The first-order chi connectivity index (χ1) is 8.73. The Morgan fingerprint density at radius 2 is 1.47 bits per heavy atom. The molecule has 0 aromatic heterocycles. The highest BCUT2D eigenvalue weighted by Gasteiger charge is 2.50. The molecule has 1 aliphatic rings. The first-order valence-corrected chi connectivity index (χ1v) is 6.21. The van der Waals surface area contributed by atoms with Gasteiger partial charge < -0.3 is 9.31 Å². The minimum atomic E-state index is -0.607. The first-order valence-electron chi connectivity index (χ1n) is 6.21.